The van der Waals surface area contributed by atoms with Crippen LogP contribution >= 0.6 is 11.6 Å². The van der Waals surface area contributed by atoms with Crippen LogP contribution in [-0.2, 0) is 22.5 Å². The van der Waals surface area contributed by atoms with Crippen LogP contribution in [0, 0.1) is 0 Å². The second kappa shape index (κ2) is 10.1. The fourth-order valence-electron chi connectivity index (χ4n) is 3.98. The highest BCUT2D eigenvalue weighted by Crippen LogP contribution is 2.25. The Bertz CT molecular complexity index is 995. The highest BCUT2D eigenvalue weighted by Gasteiger charge is 2.13. The number of ether oxygens (including phenoxy) is 1. The topological polar surface area (TPSA) is 46.5 Å². The molecule has 30 heavy (non-hydrogen) atoms. The van der Waals surface area contributed by atoms with Crippen molar-refractivity contribution in [3.8, 4) is 0 Å². The first kappa shape index (κ1) is 20.9. The molecule has 1 saturated heterocycles. The molecule has 0 aliphatic carbocycles. The first-order chi connectivity index (χ1) is 14.7. The second-order valence-electron chi connectivity index (χ2n) is 7.69. The van der Waals surface area contributed by atoms with Gasteiger partial charge in [-0.1, -0.05) is 48.0 Å². The van der Waals surface area contributed by atoms with E-state index in [-0.39, 0.29) is 5.91 Å². The van der Waals surface area contributed by atoms with Crippen LogP contribution in [0.3, 0.4) is 0 Å². The number of benzene rings is 2. The second-order valence-corrected chi connectivity index (χ2v) is 8.10. The fraction of sp³-hybridized carbons (Fsp3) is 0.375. The molecular formula is C24H28ClN3O2. The van der Waals surface area contributed by atoms with Crippen molar-refractivity contribution < 1.29 is 9.53 Å². The minimum atomic E-state index is 0.103. The van der Waals surface area contributed by atoms with E-state index in [0.717, 1.165) is 49.9 Å². The van der Waals surface area contributed by atoms with Crippen LogP contribution < -0.4 is 5.32 Å². The lowest BCUT2D eigenvalue weighted by molar-refractivity contribution is -0.121. The van der Waals surface area contributed by atoms with Crippen molar-refractivity contribution in [3.05, 3.63) is 70.9 Å². The van der Waals surface area contributed by atoms with Crippen LogP contribution in [0.25, 0.3) is 10.9 Å². The number of amides is 1. The van der Waals surface area contributed by atoms with Gasteiger partial charge in [-0.05, 0) is 29.7 Å². The first-order valence-corrected chi connectivity index (χ1v) is 11.0. The standard InChI is InChI=1S/C24H28ClN3O2/c25-22-7-3-1-5-20(22)18-28-17-19(21-6-2-4-8-23(21)28)9-10-24(29)26-11-12-27-13-15-30-16-14-27/h1-8,17H,9-16,18H2,(H,26,29). The molecule has 1 aliphatic heterocycles. The van der Waals surface area contributed by atoms with Gasteiger partial charge >= 0.3 is 0 Å². The van der Waals surface area contributed by atoms with E-state index in [4.69, 9.17) is 16.3 Å². The molecule has 0 saturated carbocycles. The molecule has 0 atom stereocenters. The summed E-state index contributed by atoms with van der Waals surface area (Å²) in [7, 11) is 0. The number of rotatable bonds is 8. The molecule has 158 valence electrons. The number of aromatic nitrogens is 1. The maximum absolute atomic E-state index is 12.4. The molecule has 1 aliphatic rings. The predicted octanol–water partition coefficient (Wildman–Crippen LogP) is 3.72. The third-order valence-electron chi connectivity index (χ3n) is 5.64. The first-order valence-electron chi connectivity index (χ1n) is 10.6. The van der Waals surface area contributed by atoms with Crippen LogP contribution in [0.5, 0.6) is 0 Å². The van der Waals surface area contributed by atoms with Gasteiger partial charge in [-0.15, -0.1) is 0 Å². The smallest absolute Gasteiger partial charge is 0.220 e. The summed E-state index contributed by atoms with van der Waals surface area (Å²) in [6.07, 6.45) is 3.37. The predicted molar refractivity (Wildman–Crippen MR) is 121 cm³/mol. The Hall–Kier alpha value is -2.34. The number of carbonyl (C=O) groups excluding carboxylic acids is 1. The Labute approximate surface area is 182 Å². The van der Waals surface area contributed by atoms with Crippen molar-refractivity contribution in [2.45, 2.75) is 19.4 Å². The average molecular weight is 426 g/mol. The molecule has 6 heteroatoms. The Balaban J connectivity index is 1.37. The molecule has 3 aromatic rings. The molecular weight excluding hydrogens is 398 g/mol. The normalized spacial score (nSPS) is 14.8. The third-order valence-corrected chi connectivity index (χ3v) is 6.01. The summed E-state index contributed by atoms with van der Waals surface area (Å²) in [6, 6.07) is 16.3. The SMILES string of the molecule is O=C(CCc1cn(Cc2ccccc2Cl)c2ccccc12)NCCN1CCOCC1. The number of hydrogen-bond acceptors (Lipinski definition) is 3. The van der Waals surface area contributed by atoms with Crippen molar-refractivity contribution >= 4 is 28.4 Å². The third kappa shape index (κ3) is 5.22. The molecule has 4 rings (SSSR count). The summed E-state index contributed by atoms with van der Waals surface area (Å²) in [4.78, 5) is 14.7. The van der Waals surface area contributed by atoms with Crippen LogP contribution in [0.1, 0.15) is 17.5 Å². The number of para-hydroxylation sites is 1. The minimum absolute atomic E-state index is 0.103. The molecule has 0 radical (unpaired) electrons. The maximum Gasteiger partial charge on any atom is 0.220 e. The largest absolute Gasteiger partial charge is 0.379 e. The van der Waals surface area contributed by atoms with E-state index >= 15 is 0 Å². The van der Waals surface area contributed by atoms with Gasteiger partial charge in [0, 0.05) is 61.3 Å². The molecule has 0 spiro atoms. The maximum atomic E-state index is 12.4. The van der Waals surface area contributed by atoms with Crippen molar-refractivity contribution in [1.82, 2.24) is 14.8 Å². The van der Waals surface area contributed by atoms with Gasteiger partial charge in [0.2, 0.25) is 5.91 Å². The molecule has 1 N–H and O–H groups in total. The summed E-state index contributed by atoms with van der Waals surface area (Å²) in [5.74, 6) is 0.103. The lowest BCUT2D eigenvalue weighted by atomic mass is 10.1. The van der Waals surface area contributed by atoms with E-state index in [9.17, 15) is 4.79 Å². The molecule has 0 bridgehead atoms. The van der Waals surface area contributed by atoms with Crippen LogP contribution in [0.15, 0.2) is 54.7 Å². The Morgan fingerprint density at radius 2 is 1.80 bits per heavy atom. The average Bonchev–Trinajstić information content (AvgIpc) is 3.12. The summed E-state index contributed by atoms with van der Waals surface area (Å²) < 4.78 is 7.58. The van der Waals surface area contributed by atoms with Crippen LogP contribution in [0.2, 0.25) is 5.02 Å². The molecule has 2 aromatic carbocycles. The lowest BCUT2D eigenvalue weighted by Crippen LogP contribution is -2.41. The van der Waals surface area contributed by atoms with Gasteiger partial charge in [-0.2, -0.15) is 0 Å². The number of morpholine rings is 1. The molecule has 1 aromatic heterocycles. The molecule has 0 unspecified atom stereocenters. The van der Waals surface area contributed by atoms with Crippen LogP contribution in [0.4, 0.5) is 0 Å². The highest BCUT2D eigenvalue weighted by atomic mass is 35.5. The number of aryl methyl sites for hydroxylation is 1. The summed E-state index contributed by atoms with van der Waals surface area (Å²) in [5.41, 5.74) is 3.45. The van der Waals surface area contributed by atoms with Gasteiger partial charge in [0.15, 0.2) is 0 Å². The molecule has 1 fully saturated rings. The van der Waals surface area contributed by atoms with Gasteiger partial charge in [0.25, 0.3) is 0 Å². The van der Waals surface area contributed by atoms with E-state index in [1.54, 1.807) is 0 Å². The Morgan fingerprint density at radius 1 is 1.03 bits per heavy atom. The zero-order valence-corrected chi connectivity index (χ0v) is 17.9. The number of nitrogens with one attached hydrogen (secondary N) is 1. The van der Waals surface area contributed by atoms with Crippen molar-refractivity contribution in [2.24, 2.45) is 0 Å². The van der Waals surface area contributed by atoms with Gasteiger partial charge in [-0.25, -0.2) is 0 Å². The van der Waals surface area contributed by atoms with E-state index in [1.165, 1.54) is 16.5 Å². The molecule has 5 nitrogen and oxygen atoms in total. The lowest BCUT2D eigenvalue weighted by Gasteiger charge is -2.26. The van der Waals surface area contributed by atoms with Gasteiger partial charge in [-0.3, -0.25) is 9.69 Å². The molecule has 1 amide bonds. The van der Waals surface area contributed by atoms with E-state index in [2.05, 4.69) is 39.2 Å². The zero-order valence-electron chi connectivity index (χ0n) is 17.1. The number of carbonyl (C=O) groups is 1. The summed E-state index contributed by atoms with van der Waals surface area (Å²) in [5, 5.41) is 5.03. The zero-order chi connectivity index (χ0) is 20.8. The van der Waals surface area contributed by atoms with Gasteiger partial charge in [0.1, 0.15) is 0 Å². The van der Waals surface area contributed by atoms with E-state index in [1.807, 2.05) is 30.3 Å². The molecule has 2 heterocycles. The summed E-state index contributed by atoms with van der Waals surface area (Å²) >= 11 is 6.36. The quantitative estimate of drug-likeness (QED) is 0.598. The number of hydrogen-bond donors (Lipinski definition) is 1. The van der Waals surface area contributed by atoms with Gasteiger partial charge in [0.05, 0.1) is 13.2 Å². The van der Waals surface area contributed by atoms with Crippen molar-refractivity contribution in [2.75, 3.05) is 39.4 Å². The minimum Gasteiger partial charge on any atom is -0.379 e. The van der Waals surface area contributed by atoms with Crippen molar-refractivity contribution in [3.63, 3.8) is 0 Å². The van der Waals surface area contributed by atoms with E-state index < -0.39 is 0 Å². The Kier molecular flexibility index (Phi) is 7.05. The monoisotopic (exact) mass is 425 g/mol. The van der Waals surface area contributed by atoms with Crippen LogP contribution in [-0.4, -0.2) is 54.8 Å². The number of fused-ring (bicyclic) bond motifs is 1. The number of nitrogens with zero attached hydrogens (tertiary/aromatic N) is 2. The Morgan fingerprint density at radius 3 is 2.63 bits per heavy atom. The van der Waals surface area contributed by atoms with Crippen molar-refractivity contribution in [1.29, 1.82) is 0 Å². The van der Waals surface area contributed by atoms with E-state index in [0.29, 0.717) is 19.5 Å². The fourth-order valence-corrected chi connectivity index (χ4v) is 4.17. The summed E-state index contributed by atoms with van der Waals surface area (Å²) in [6.45, 7) is 5.74. The van der Waals surface area contributed by atoms with Gasteiger partial charge < -0.3 is 14.6 Å². The number of halogens is 1. The highest BCUT2D eigenvalue weighted by molar-refractivity contribution is 6.31.